The highest BCUT2D eigenvalue weighted by Gasteiger charge is 2.35. The average Bonchev–Trinajstić information content (AvgIpc) is 2.48. The van der Waals surface area contributed by atoms with Gasteiger partial charge in [-0.25, -0.2) is 0 Å². The van der Waals surface area contributed by atoms with Crippen LogP contribution in [0.3, 0.4) is 0 Å². The molecule has 0 saturated carbocycles. The molecule has 0 fully saturated rings. The van der Waals surface area contributed by atoms with Crippen molar-refractivity contribution in [3.8, 4) is 0 Å². The number of carbonyl (C=O) groups is 2. The first-order valence-electron chi connectivity index (χ1n) is 7.49. The van der Waals surface area contributed by atoms with Crippen LogP contribution in [-0.4, -0.2) is 32.1 Å². The van der Waals surface area contributed by atoms with Gasteiger partial charge in [-0.15, -0.1) is 0 Å². The Bertz CT molecular complexity index is 512. The number of methoxy groups -OCH3 is 1. The normalized spacial score (nSPS) is 11.1. The van der Waals surface area contributed by atoms with Crippen molar-refractivity contribution in [3.05, 3.63) is 35.4 Å². The Morgan fingerprint density at radius 1 is 1.18 bits per heavy atom. The highest BCUT2D eigenvalue weighted by molar-refractivity contribution is 6.04. The molecule has 0 spiro atoms. The van der Waals surface area contributed by atoms with Crippen molar-refractivity contribution < 1.29 is 14.3 Å². The molecule has 0 radical (unpaired) electrons. The molecule has 2 amide bonds. The number of amides is 2. The molecule has 5 heteroatoms. The van der Waals surface area contributed by atoms with E-state index in [4.69, 9.17) is 4.74 Å². The average molecular weight is 306 g/mol. The fourth-order valence-electron chi connectivity index (χ4n) is 1.97. The predicted molar refractivity (Wildman–Crippen MR) is 86.3 cm³/mol. The smallest absolute Gasteiger partial charge is 0.235 e. The van der Waals surface area contributed by atoms with E-state index in [0.717, 1.165) is 17.5 Å². The van der Waals surface area contributed by atoms with Gasteiger partial charge in [-0.05, 0) is 32.8 Å². The van der Waals surface area contributed by atoms with Crippen molar-refractivity contribution >= 4 is 11.8 Å². The zero-order valence-electron chi connectivity index (χ0n) is 13.9. The van der Waals surface area contributed by atoms with E-state index in [-0.39, 0.29) is 11.8 Å². The lowest BCUT2D eigenvalue weighted by atomic mass is 9.91. The summed E-state index contributed by atoms with van der Waals surface area (Å²) in [6.07, 6.45) is 0.725. The highest BCUT2D eigenvalue weighted by Crippen LogP contribution is 2.16. The lowest BCUT2D eigenvalue weighted by Crippen LogP contribution is -2.47. The Morgan fingerprint density at radius 3 is 2.50 bits per heavy atom. The Morgan fingerprint density at radius 2 is 1.86 bits per heavy atom. The van der Waals surface area contributed by atoms with Crippen LogP contribution in [0.15, 0.2) is 24.3 Å². The molecule has 1 aromatic carbocycles. The van der Waals surface area contributed by atoms with Gasteiger partial charge in [0.2, 0.25) is 11.8 Å². The molecule has 0 heterocycles. The van der Waals surface area contributed by atoms with E-state index in [1.165, 1.54) is 0 Å². The molecule has 0 aliphatic rings. The number of benzene rings is 1. The van der Waals surface area contributed by atoms with Gasteiger partial charge >= 0.3 is 0 Å². The minimum Gasteiger partial charge on any atom is -0.385 e. The molecular formula is C17H26N2O3. The summed E-state index contributed by atoms with van der Waals surface area (Å²) in [7, 11) is 1.62. The predicted octanol–water partition coefficient (Wildman–Crippen LogP) is 1.79. The number of hydrogen-bond acceptors (Lipinski definition) is 3. The third-order valence-electron chi connectivity index (χ3n) is 3.48. The Hall–Kier alpha value is -1.88. The van der Waals surface area contributed by atoms with Crippen LogP contribution in [0.2, 0.25) is 0 Å². The number of ether oxygens (including phenoxy) is 1. The van der Waals surface area contributed by atoms with Gasteiger partial charge in [0.25, 0.3) is 0 Å². The van der Waals surface area contributed by atoms with Gasteiger partial charge in [-0.1, -0.05) is 29.8 Å². The molecule has 1 aromatic rings. The summed E-state index contributed by atoms with van der Waals surface area (Å²) in [5.74, 6) is -0.552. The third kappa shape index (κ3) is 5.48. The third-order valence-corrected chi connectivity index (χ3v) is 3.48. The molecule has 0 aromatic heterocycles. The highest BCUT2D eigenvalue weighted by atomic mass is 16.5. The molecule has 0 saturated heterocycles. The number of aryl methyl sites for hydroxylation is 1. The largest absolute Gasteiger partial charge is 0.385 e. The first-order chi connectivity index (χ1) is 10.4. The van der Waals surface area contributed by atoms with Gasteiger partial charge in [-0.2, -0.15) is 0 Å². The van der Waals surface area contributed by atoms with E-state index in [1.54, 1.807) is 21.0 Å². The molecule has 0 unspecified atom stereocenters. The molecule has 0 aliphatic heterocycles. The molecule has 0 aliphatic carbocycles. The summed E-state index contributed by atoms with van der Waals surface area (Å²) in [5, 5.41) is 5.59. The second-order valence-corrected chi connectivity index (χ2v) is 5.90. The molecule has 2 N–H and O–H groups in total. The molecular weight excluding hydrogens is 280 g/mol. The van der Waals surface area contributed by atoms with Crippen LogP contribution in [0.25, 0.3) is 0 Å². The summed E-state index contributed by atoms with van der Waals surface area (Å²) in [6, 6.07) is 7.91. The topological polar surface area (TPSA) is 67.4 Å². The van der Waals surface area contributed by atoms with Gasteiger partial charge in [0.15, 0.2) is 0 Å². The van der Waals surface area contributed by atoms with Crippen molar-refractivity contribution in [2.75, 3.05) is 20.3 Å². The standard InChI is InChI=1S/C17H26N2O3/c1-13-7-5-8-14(11-13)12-19-16(21)17(2,3)15(20)18-9-6-10-22-4/h5,7-8,11H,6,9-10,12H2,1-4H3,(H,18,20)(H,19,21). The van der Waals surface area contributed by atoms with Crippen molar-refractivity contribution in [2.45, 2.75) is 33.7 Å². The van der Waals surface area contributed by atoms with Crippen LogP contribution in [-0.2, 0) is 20.9 Å². The minimum atomic E-state index is -1.10. The molecule has 1 rings (SSSR count). The Balaban J connectivity index is 2.49. The maximum absolute atomic E-state index is 12.3. The van der Waals surface area contributed by atoms with E-state index in [0.29, 0.717) is 19.7 Å². The fraction of sp³-hybridized carbons (Fsp3) is 0.529. The number of nitrogens with one attached hydrogen (secondary N) is 2. The van der Waals surface area contributed by atoms with Crippen molar-refractivity contribution in [3.63, 3.8) is 0 Å². The second-order valence-electron chi connectivity index (χ2n) is 5.90. The fourth-order valence-corrected chi connectivity index (χ4v) is 1.97. The lowest BCUT2D eigenvalue weighted by molar-refractivity contribution is -0.141. The molecule has 122 valence electrons. The van der Waals surface area contributed by atoms with Gasteiger partial charge in [0.05, 0.1) is 0 Å². The van der Waals surface area contributed by atoms with Gasteiger partial charge in [0.1, 0.15) is 5.41 Å². The molecule has 0 bridgehead atoms. The van der Waals surface area contributed by atoms with Gasteiger partial charge < -0.3 is 15.4 Å². The van der Waals surface area contributed by atoms with Crippen LogP contribution >= 0.6 is 0 Å². The van der Waals surface area contributed by atoms with Crippen LogP contribution in [0.5, 0.6) is 0 Å². The zero-order valence-corrected chi connectivity index (χ0v) is 13.9. The SMILES string of the molecule is COCCCNC(=O)C(C)(C)C(=O)NCc1cccc(C)c1. The summed E-state index contributed by atoms with van der Waals surface area (Å²) >= 11 is 0. The zero-order chi connectivity index (χ0) is 16.6. The first-order valence-corrected chi connectivity index (χ1v) is 7.49. The van der Waals surface area contributed by atoms with Gasteiger partial charge in [-0.3, -0.25) is 9.59 Å². The van der Waals surface area contributed by atoms with E-state index in [1.807, 2.05) is 31.2 Å². The monoisotopic (exact) mass is 306 g/mol. The lowest BCUT2D eigenvalue weighted by Gasteiger charge is -2.22. The van der Waals surface area contributed by atoms with Crippen LogP contribution in [0.1, 0.15) is 31.4 Å². The number of carbonyl (C=O) groups excluding carboxylic acids is 2. The van der Waals surface area contributed by atoms with Crippen LogP contribution < -0.4 is 10.6 Å². The van der Waals surface area contributed by atoms with Crippen molar-refractivity contribution in [1.82, 2.24) is 10.6 Å². The Labute approximate surface area is 132 Å². The maximum atomic E-state index is 12.3. The Kier molecular flexibility index (Phi) is 7.05. The summed E-state index contributed by atoms with van der Waals surface area (Å²) < 4.78 is 4.92. The van der Waals surface area contributed by atoms with Gasteiger partial charge in [0, 0.05) is 26.8 Å². The quantitative estimate of drug-likeness (QED) is 0.568. The van der Waals surface area contributed by atoms with E-state index in [2.05, 4.69) is 10.6 Å². The molecule has 5 nitrogen and oxygen atoms in total. The van der Waals surface area contributed by atoms with Crippen LogP contribution in [0, 0.1) is 12.3 Å². The first kappa shape index (κ1) is 18.2. The maximum Gasteiger partial charge on any atom is 0.235 e. The number of rotatable bonds is 8. The summed E-state index contributed by atoms with van der Waals surface area (Å²) in [5.41, 5.74) is 1.06. The summed E-state index contributed by atoms with van der Waals surface area (Å²) in [6.45, 7) is 6.76. The minimum absolute atomic E-state index is 0.273. The second kappa shape index (κ2) is 8.54. The summed E-state index contributed by atoms with van der Waals surface area (Å²) in [4.78, 5) is 24.4. The van der Waals surface area contributed by atoms with E-state index < -0.39 is 5.41 Å². The van der Waals surface area contributed by atoms with Crippen molar-refractivity contribution in [1.29, 1.82) is 0 Å². The molecule has 22 heavy (non-hydrogen) atoms. The van der Waals surface area contributed by atoms with E-state index >= 15 is 0 Å². The van der Waals surface area contributed by atoms with E-state index in [9.17, 15) is 9.59 Å². The number of hydrogen-bond donors (Lipinski definition) is 2. The van der Waals surface area contributed by atoms with Crippen LogP contribution in [0.4, 0.5) is 0 Å². The van der Waals surface area contributed by atoms with Crippen molar-refractivity contribution in [2.24, 2.45) is 5.41 Å². The molecule has 0 atom stereocenters.